The molecule has 15 rings (SSSR count). The van der Waals surface area contributed by atoms with Crippen LogP contribution in [0.25, 0.3) is 110 Å². The van der Waals surface area contributed by atoms with Gasteiger partial charge in [0.1, 0.15) is 0 Å². The predicted molar refractivity (Wildman–Crippen MR) is 269 cm³/mol. The second-order valence-corrected chi connectivity index (χ2v) is 17.9. The van der Waals surface area contributed by atoms with E-state index in [9.17, 15) is 0 Å². The Kier molecular flexibility index (Phi) is 6.76. The Labute approximate surface area is 373 Å². The van der Waals surface area contributed by atoms with E-state index in [0.717, 1.165) is 60.3 Å². The Balaban J connectivity index is 0.951. The highest BCUT2D eigenvalue weighted by atomic mass is 16.1. The van der Waals surface area contributed by atoms with Gasteiger partial charge in [-0.05, 0) is 115 Å². The average Bonchev–Trinajstić information content (AvgIpc) is 4.08. The van der Waals surface area contributed by atoms with E-state index in [1.807, 2.05) is 12.1 Å². The quantitative estimate of drug-likeness (QED) is 0.163. The smallest absolute Gasteiger partial charge is 0.263 e. The summed E-state index contributed by atoms with van der Waals surface area (Å²) in [6.07, 6.45) is 0. The van der Waals surface area contributed by atoms with Crippen molar-refractivity contribution in [3.63, 3.8) is 0 Å². The number of fused-ring (bicyclic) bond motifs is 19. The molecule has 3 aromatic heterocycles. The molecule has 13 aromatic rings. The SMILES string of the molecule is O=c1c2ccccc2c2cc(-c3ccc(-c4ccc5c(c4)c4ccccc4n5-c4ccccc4)cc3)cc3c4ccc5c(c4n1c23)-c1ccccc1C51c2ccccc2-c2ccccc21. The number of pyridine rings is 1. The molecule has 0 atom stereocenters. The molecule has 2 aliphatic rings. The normalized spacial score (nSPS) is 13.4. The molecule has 0 bridgehead atoms. The fourth-order valence-electron chi connectivity index (χ4n) is 12.3. The standard InChI is InChI=1S/C62H36N2O/c65-61-47-20-5-4-16-42(47)50-35-40(38-28-26-37(27-29-38)39-30-33-57-49(34-39)45-19-9-13-25-56(45)63(57)41-14-2-1-3-15-41)36-51-46-31-32-55-58(60(46)64(61)59(50)51)48-21-8-12-24-54(48)62(55)52-22-10-6-17-43(52)44-18-7-11-23-53(44)62/h1-36H. The molecule has 0 aliphatic heterocycles. The molecule has 0 unspecified atom stereocenters. The van der Waals surface area contributed by atoms with Gasteiger partial charge in [-0.25, -0.2) is 0 Å². The molecule has 300 valence electrons. The second-order valence-electron chi connectivity index (χ2n) is 17.9. The number of hydrogen-bond donors (Lipinski definition) is 0. The summed E-state index contributed by atoms with van der Waals surface area (Å²) in [5.74, 6) is 0. The Hall–Kier alpha value is -8.53. The molecule has 2 aliphatic carbocycles. The van der Waals surface area contributed by atoms with E-state index < -0.39 is 5.41 Å². The van der Waals surface area contributed by atoms with Crippen molar-refractivity contribution >= 4 is 59.8 Å². The van der Waals surface area contributed by atoms with Crippen molar-refractivity contribution in [2.75, 3.05) is 0 Å². The van der Waals surface area contributed by atoms with Gasteiger partial charge < -0.3 is 4.57 Å². The zero-order chi connectivity index (χ0) is 42.5. The molecule has 10 aromatic carbocycles. The number of benzene rings is 10. The maximum atomic E-state index is 15.1. The average molecular weight is 825 g/mol. The van der Waals surface area contributed by atoms with Gasteiger partial charge in [-0.2, -0.15) is 0 Å². The zero-order valence-corrected chi connectivity index (χ0v) is 35.1. The van der Waals surface area contributed by atoms with E-state index >= 15 is 4.79 Å². The highest BCUT2D eigenvalue weighted by Gasteiger charge is 2.52. The van der Waals surface area contributed by atoms with Crippen LogP contribution in [0.5, 0.6) is 0 Å². The molecule has 0 radical (unpaired) electrons. The first kappa shape index (κ1) is 35.0. The van der Waals surface area contributed by atoms with Gasteiger partial charge in [0.15, 0.2) is 0 Å². The maximum absolute atomic E-state index is 15.1. The minimum atomic E-state index is -0.501. The third-order valence-corrected chi connectivity index (χ3v) is 14.9. The fraction of sp³-hybridized carbons (Fsp3) is 0.0161. The topological polar surface area (TPSA) is 26.4 Å². The molecule has 65 heavy (non-hydrogen) atoms. The van der Waals surface area contributed by atoms with Crippen molar-refractivity contribution < 1.29 is 0 Å². The van der Waals surface area contributed by atoms with Crippen molar-refractivity contribution in [3.05, 3.63) is 251 Å². The largest absolute Gasteiger partial charge is 0.309 e. The van der Waals surface area contributed by atoms with Crippen LogP contribution in [0.2, 0.25) is 0 Å². The highest BCUT2D eigenvalue weighted by Crippen LogP contribution is 2.64. The third-order valence-electron chi connectivity index (χ3n) is 14.9. The van der Waals surface area contributed by atoms with E-state index in [0.29, 0.717) is 0 Å². The molecule has 0 amide bonds. The maximum Gasteiger partial charge on any atom is 0.263 e. The Morgan fingerprint density at radius 2 is 0.846 bits per heavy atom. The van der Waals surface area contributed by atoms with E-state index in [4.69, 9.17) is 0 Å². The van der Waals surface area contributed by atoms with Gasteiger partial charge in [-0.3, -0.25) is 9.20 Å². The van der Waals surface area contributed by atoms with Crippen molar-refractivity contribution in [2.24, 2.45) is 0 Å². The number of para-hydroxylation sites is 2. The van der Waals surface area contributed by atoms with Crippen LogP contribution in [0.15, 0.2) is 223 Å². The molecular formula is C62H36N2O. The van der Waals surface area contributed by atoms with E-state index in [2.05, 4.69) is 215 Å². The summed E-state index contributed by atoms with van der Waals surface area (Å²) in [6, 6.07) is 79.3. The van der Waals surface area contributed by atoms with E-state index in [-0.39, 0.29) is 5.56 Å². The highest BCUT2D eigenvalue weighted by molar-refractivity contribution is 6.24. The zero-order valence-electron chi connectivity index (χ0n) is 35.1. The summed E-state index contributed by atoms with van der Waals surface area (Å²) in [6.45, 7) is 0. The van der Waals surface area contributed by atoms with Crippen molar-refractivity contribution in [1.29, 1.82) is 0 Å². The Morgan fingerprint density at radius 1 is 0.323 bits per heavy atom. The summed E-state index contributed by atoms with van der Waals surface area (Å²) < 4.78 is 4.42. The lowest BCUT2D eigenvalue weighted by molar-refractivity contribution is 0.794. The Bertz CT molecular complexity index is 4200. The minimum Gasteiger partial charge on any atom is -0.309 e. The monoisotopic (exact) mass is 824 g/mol. The molecule has 0 N–H and O–H groups in total. The predicted octanol–water partition coefficient (Wildman–Crippen LogP) is 15.0. The van der Waals surface area contributed by atoms with Gasteiger partial charge in [-0.15, -0.1) is 0 Å². The summed E-state index contributed by atoms with van der Waals surface area (Å²) in [4.78, 5) is 15.1. The number of hydrogen-bond acceptors (Lipinski definition) is 1. The summed E-state index contributed by atoms with van der Waals surface area (Å²) >= 11 is 0. The summed E-state index contributed by atoms with van der Waals surface area (Å²) in [5, 5.41) is 7.45. The molecule has 3 heterocycles. The molecule has 3 nitrogen and oxygen atoms in total. The van der Waals surface area contributed by atoms with E-state index in [1.54, 1.807) is 0 Å². The van der Waals surface area contributed by atoms with Crippen molar-refractivity contribution in [3.8, 4) is 50.2 Å². The lowest BCUT2D eigenvalue weighted by Crippen LogP contribution is -2.25. The van der Waals surface area contributed by atoms with Gasteiger partial charge in [-0.1, -0.05) is 170 Å². The van der Waals surface area contributed by atoms with E-state index in [1.165, 1.54) is 71.9 Å². The van der Waals surface area contributed by atoms with Crippen LogP contribution in [0, 0.1) is 0 Å². The van der Waals surface area contributed by atoms with Crippen LogP contribution in [-0.4, -0.2) is 8.97 Å². The van der Waals surface area contributed by atoms with Crippen LogP contribution in [0.3, 0.4) is 0 Å². The first-order valence-electron chi connectivity index (χ1n) is 22.5. The number of rotatable bonds is 3. The van der Waals surface area contributed by atoms with Crippen LogP contribution >= 0.6 is 0 Å². The Morgan fingerprint density at radius 3 is 1.57 bits per heavy atom. The van der Waals surface area contributed by atoms with Gasteiger partial charge in [0.2, 0.25) is 0 Å². The molecule has 0 fully saturated rings. The molecule has 3 heteroatoms. The van der Waals surface area contributed by atoms with Crippen molar-refractivity contribution in [1.82, 2.24) is 8.97 Å². The lowest BCUT2D eigenvalue weighted by atomic mass is 9.70. The summed E-state index contributed by atoms with van der Waals surface area (Å²) in [5.41, 5.74) is 19.6. The number of nitrogens with zero attached hydrogens (tertiary/aromatic N) is 2. The minimum absolute atomic E-state index is 0.0214. The molecule has 1 spiro atoms. The second kappa shape index (κ2) is 12.6. The molecular weight excluding hydrogens is 789 g/mol. The number of aromatic nitrogens is 2. The van der Waals surface area contributed by atoms with Crippen LogP contribution < -0.4 is 5.56 Å². The first-order chi connectivity index (χ1) is 32.2. The summed E-state index contributed by atoms with van der Waals surface area (Å²) in [7, 11) is 0. The van der Waals surface area contributed by atoms with Gasteiger partial charge in [0.25, 0.3) is 5.56 Å². The molecule has 0 saturated heterocycles. The van der Waals surface area contributed by atoms with Crippen molar-refractivity contribution in [2.45, 2.75) is 5.41 Å². The van der Waals surface area contributed by atoms with Crippen LogP contribution in [-0.2, 0) is 5.41 Å². The van der Waals surface area contributed by atoms with Crippen LogP contribution in [0.1, 0.15) is 22.3 Å². The lowest BCUT2D eigenvalue weighted by Gasteiger charge is -2.30. The van der Waals surface area contributed by atoms with Gasteiger partial charge in [0, 0.05) is 43.6 Å². The first-order valence-corrected chi connectivity index (χ1v) is 22.5. The van der Waals surface area contributed by atoms with Gasteiger partial charge in [0.05, 0.1) is 27.5 Å². The van der Waals surface area contributed by atoms with Gasteiger partial charge >= 0.3 is 0 Å². The van der Waals surface area contributed by atoms with Crippen LogP contribution in [0.4, 0.5) is 0 Å². The third kappa shape index (κ3) is 4.37. The molecule has 0 saturated carbocycles. The fourth-order valence-corrected chi connectivity index (χ4v) is 12.3.